The minimum absolute atomic E-state index is 0.287. The van der Waals surface area contributed by atoms with E-state index in [1.807, 2.05) is 42.5 Å². The molecule has 6 rings (SSSR count). The van der Waals surface area contributed by atoms with Crippen molar-refractivity contribution in [2.75, 3.05) is 32.1 Å². The van der Waals surface area contributed by atoms with Crippen LogP contribution in [0.2, 0.25) is 0 Å². The fourth-order valence-electron chi connectivity index (χ4n) is 6.51. The molecule has 0 aliphatic carbocycles. The Morgan fingerprint density at radius 3 is 2.03 bits per heavy atom. The molecule has 0 aromatic heterocycles. The Bertz CT molecular complexity index is 1270. The zero-order valence-electron chi connectivity index (χ0n) is 21.5. The van der Waals surface area contributed by atoms with E-state index in [2.05, 4.69) is 83.6 Å². The quantitative estimate of drug-likeness (QED) is 0.270. The van der Waals surface area contributed by atoms with E-state index < -0.39 is 0 Å². The minimum Gasteiger partial charge on any atom is -0.495 e. The fraction of sp³-hybridized carbons (Fsp3) is 0.273. The SMILES string of the molecule is COc1ccc(Oc2ccccc2)cc1N(C)C1C2CCN(C2)C1C(c1ccccc1)c1ccccc1. The van der Waals surface area contributed by atoms with Crippen molar-refractivity contribution in [3.05, 3.63) is 120 Å². The molecule has 4 atom stereocenters. The van der Waals surface area contributed by atoms with Gasteiger partial charge in [0.1, 0.15) is 17.2 Å². The van der Waals surface area contributed by atoms with Gasteiger partial charge in [-0.2, -0.15) is 0 Å². The first-order valence-corrected chi connectivity index (χ1v) is 13.2. The van der Waals surface area contributed by atoms with Gasteiger partial charge in [-0.25, -0.2) is 0 Å². The average Bonchev–Trinajstić information content (AvgIpc) is 3.57. The van der Waals surface area contributed by atoms with E-state index in [4.69, 9.17) is 9.47 Å². The predicted molar refractivity (Wildman–Crippen MR) is 150 cm³/mol. The van der Waals surface area contributed by atoms with Gasteiger partial charge in [0.05, 0.1) is 12.8 Å². The fourth-order valence-corrected chi connectivity index (χ4v) is 6.51. The molecule has 4 nitrogen and oxygen atoms in total. The molecule has 2 heterocycles. The second-order valence-corrected chi connectivity index (χ2v) is 10.2. The van der Waals surface area contributed by atoms with Gasteiger partial charge >= 0.3 is 0 Å². The second-order valence-electron chi connectivity index (χ2n) is 10.2. The molecular formula is C33H34N2O2. The van der Waals surface area contributed by atoms with Crippen LogP contribution in [0.1, 0.15) is 23.5 Å². The molecule has 0 amide bonds. The van der Waals surface area contributed by atoms with Crippen LogP contribution in [-0.2, 0) is 0 Å². The van der Waals surface area contributed by atoms with Crippen molar-refractivity contribution in [1.29, 1.82) is 0 Å². The molecule has 4 aromatic rings. The maximum Gasteiger partial charge on any atom is 0.142 e. The van der Waals surface area contributed by atoms with Crippen LogP contribution in [0.3, 0.4) is 0 Å². The summed E-state index contributed by atoms with van der Waals surface area (Å²) in [7, 11) is 3.99. The summed E-state index contributed by atoms with van der Waals surface area (Å²) >= 11 is 0. The highest BCUT2D eigenvalue weighted by molar-refractivity contribution is 5.63. The number of ether oxygens (including phenoxy) is 2. The summed E-state index contributed by atoms with van der Waals surface area (Å²) in [4.78, 5) is 5.18. The monoisotopic (exact) mass is 490 g/mol. The Morgan fingerprint density at radius 2 is 1.41 bits per heavy atom. The van der Waals surface area contributed by atoms with Crippen LogP contribution in [0, 0.1) is 5.92 Å². The molecule has 4 heteroatoms. The number of rotatable bonds is 8. The predicted octanol–water partition coefficient (Wildman–Crippen LogP) is 6.83. The molecule has 2 aliphatic heterocycles. The van der Waals surface area contributed by atoms with Crippen LogP contribution >= 0.6 is 0 Å². The van der Waals surface area contributed by atoms with Crippen molar-refractivity contribution in [3.63, 3.8) is 0 Å². The first kappa shape index (κ1) is 23.6. The van der Waals surface area contributed by atoms with E-state index >= 15 is 0 Å². The van der Waals surface area contributed by atoms with Crippen molar-refractivity contribution >= 4 is 5.69 Å². The summed E-state index contributed by atoms with van der Waals surface area (Å²) in [6.45, 7) is 2.29. The molecule has 2 aliphatic rings. The lowest BCUT2D eigenvalue weighted by atomic mass is 9.78. The molecule has 2 saturated heterocycles. The number of nitrogens with zero attached hydrogens (tertiary/aromatic N) is 2. The highest BCUT2D eigenvalue weighted by atomic mass is 16.5. The van der Waals surface area contributed by atoms with E-state index in [-0.39, 0.29) is 5.92 Å². The Kier molecular flexibility index (Phi) is 6.58. The van der Waals surface area contributed by atoms with E-state index in [1.165, 1.54) is 17.5 Å². The highest BCUT2D eigenvalue weighted by Crippen LogP contribution is 2.47. The third-order valence-electron chi connectivity index (χ3n) is 8.13. The maximum atomic E-state index is 6.21. The number of methoxy groups -OCH3 is 1. The largest absolute Gasteiger partial charge is 0.495 e. The summed E-state index contributed by atoms with van der Waals surface area (Å²) in [5.41, 5.74) is 3.81. The zero-order valence-corrected chi connectivity index (χ0v) is 21.5. The number of para-hydroxylation sites is 1. The van der Waals surface area contributed by atoms with Crippen LogP contribution in [0.15, 0.2) is 109 Å². The number of hydrogen-bond donors (Lipinski definition) is 0. The van der Waals surface area contributed by atoms with Crippen molar-refractivity contribution in [2.24, 2.45) is 5.92 Å². The molecule has 0 N–H and O–H groups in total. The number of fused-ring (bicyclic) bond motifs is 2. The molecule has 2 bridgehead atoms. The Morgan fingerprint density at radius 1 is 0.784 bits per heavy atom. The van der Waals surface area contributed by atoms with Crippen molar-refractivity contribution < 1.29 is 9.47 Å². The molecule has 2 fully saturated rings. The van der Waals surface area contributed by atoms with Gasteiger partial charge < -0.3 is 14.4 Å². The summed E-state index contributed by atoms with van der Waals surface area (Å²) < 4.78 is 12.1. The Hall–Kier alpha value is -3.76. The van der Waals surface area contributed by atoms with Gasteiger partial charge in [0, 0.05) is 37.7 Å². The van der Waals surface area contributed by atoms with Gasteiger partial charge in [-0.05, 0) is 54.3 Å². The Labute approximate surface area is 220 Å². The van der Waals surface area contributed by atoms with Crippen molar-refractivity contribution in [3.8, 4) is 17.2 Å². The minimum atomic E-state index is 0.287. The maximum absolute atomic E-state index is 6.21. The average molecular weight is 491 g/mol. The first-order chi connectivity index (χ1) is 18.2. The van der Waals surface area contributed by atoms with Gasteiger partial charge in [0.15, 0.2) is 0 Å². The van der Waals surface area contributed by atoms with Gasteiger partial charge in [-0.3, -0.25) is 4.90 Å². The number of anilines is 1. The third-order valence-corrected chi connectivity index (χ3v) is 8.13. The highest BCUT2D eigenvalue weighted by Gasteiger charge is 2.51. The van der Waals surface area contributed by atoms with E-state index in [1.54, 1.807) is 7.11 Å². The second kappa shape index (κ2) is 10.3. The molecule has 0 spiro atoms. The van der Waals surface area contributed by atoms with E-state index in [0.717, 1.165) is 36.0 Å². The smallest absolute Gasteiger partial charge is 0.142 e. The van der Waals surface area contributed by atoms with Gasteiger partial charge in [0.25, 0.3) is 0 Å². The molecule has 0 saturated carbocycles. The van der Waals surface area contributed by atoms with Crippen molar-refractivity contribution in [2.45, 2.75) is 24.4 Å². The van der Waals surface area contributed by atoms with E-state index in [0.29, 0.717) is 18.0 Å². The van der Waals surface area contributed by atoms with Crippen LogP contribution in [0.4, 0.5) is 5.69 Å². The van der Waals surface area contributed by atoms with Crippen molar-refractivity contribution in [1.82, 2.24) is 4.90 Å². The Balaban J connectivity index is 1.39. The summed E-state index contributed by atoms with van der Waals surface area (Å²) in [5, 5.41) is 0. The molecule has 0 radical (unpaired) electrons. The number of hydrogen-bond acceptors (Lipinski definition) is 4. The lowest BCUT2D eigenvalue weighted by Crippen LogP contribution is -2.52. The standard InChI is InChI=1S/C33H34N2O2/c1-34(29-22-28(18-19-30(29)36-2)37-27-16-10-5-11-17-27)32-26-20-21-35(23-26)33(32)31(24-12-6-3-7-13-24)25-14-8-4-9-15-25/h3-19,22,26,31-33H,20-21,23H2,1-2H3. The zero-order chi connectivity index (χ0) is 25.2. The lowest BCUT2D eigenvalue weighted by Gasteiger charge is -2.43. The topological polar surface area (TPSA) is 24.9 Å². The molecule has 188 valence electrons. The molecule has 37 heavy (non-hydrogen) atoms. The molecular weight excluding hydrogens is 456 g/mol. The normalized spacial score (nSPS) is 22.2. The van der Waals surface area contributed by atoms with Crippen LogP contribution in [0.25, 0.3) is 0 Å². The van der Waals surface area contributed by atoms with Gasteiger partial charge in [-0.15, -0.1) is 0 Å². The first-order valence-electron chi connectivity index (χ1n) is 13.2. The third kappa shape index (κ3) is 4.58. The summed E-state index contributed by atoms with van der Waals surface area (Å²) in [6.07, 6.45) is 1.23. The number of piperidine rings is 1. The lowest BCUT2D eigenvalue weighted by molar-refractivity contribution is 0.216. The van der Waals surface area contributed by atoms with Crippen LogP contribution in [0.5, 0.6) is 17.2 Å². The van der Waals surface area contributed by atoms with E-state index in [9.17, 15) is 0 Å². The van der Waals surface area contributed by atoms with Gasteiger partial charge in [0.2, 0.25) is 0 Å². The molecule has 4 aromatic carbocycles. The number of likely N-dealkylation sites (N-methyl/N-ethyl adjacent to an activating group) is 1. The summed E-state index contributed by atoms with van der Waals surface area (Å²) in [5.74, 6) is 3.41. The summed E-state index contributed by atoms with van der Waals surface area (Å²) in [6, 6.07) is 38.8. The van der Waals surface area contributed by atoms with Crippen LogP contribution in [-0.4, -0.2) is 44.2 Å². The molecule has 4 unspecified atom stereocenters. The number of benzene rings is 4. The van der Waals surface area contributed by atoms with Crippen LogP contribution < -0.4 is 14.4 Å². The van der Waals surface area contributed by atoms with Gasteiger partial charge in [-0.1, -0.05) is 78.9 Å².